The number of fused-ring (bicyclic) bond motifs is 1. The number of thiazole rings is 1. The summed E-state index contributed by atoms with van der Waals surface area (Å²) in [5.41, 5.74) is 0. The number of aromatic nitrogens is 1. The molecule has 0 aliphatic carbocycles. The van der Waals surface area contributed by atoms with Crippen LogP contribution >= 0.6 is 22.7 Å². The van der Waals surface area contributed by atoms with E-state index in [9.17, 15) is 4.79 Å². The highest BCUT2D eigenvalue weighted by molar-refractivity contribution is 7.21. The highest BCUT2D eigenvalue weighted by atomic mass is 32.1. The molecule has 6 heteroatoms. The third kappa shape index (κ3) is 3.11. The lowest BCUT2D eigenvalue weighted by molar-refractivity contribution is 0.103. The highest BCUT2D eigenvalue weighted by Crippen LogP contribution is 2.26. The first-order valence-electron chi connectivity index (χ1n) is 6.12. The number of benzene rings is 1. The van der Waals surface area contributed by atoms with Gasteiger partial charge in [-0.15, -0.1) is 11.3 Å². The maximum atomic E-state index is 12.2. The highest BCUT2D eigenvalue weighted by Gasteiger charge is 2.12. The average molecular weight is 314 g/mol. The Hall–Kier alpha value is -2.20. The predicted octanol–water partition coefficient (Wildman–Crippen LogP) is 2.95. The number of rotatable bonds is 2. The van der Waals surface area contributed by atoms with Crippen LogP contribution in [-0.2, 0) is 0 Å². The topological polar surface area (TPSA) is 62.2 Å². The fourth-order valence-electron chi connectivity index (χ4n) is 1.77. The van der Waals surface area contributed by atoms with Crippen LogP contribution in [0.1, 0.15) is 14.5 Å². The quantitative estimate of drug-likeness (QED) is 0.715. The van der Waals surface area contributed by atoms with Crippen LogP contribution in [0.25, 0.3) is 10.1 Å². The molecular weight excluding hydrogens is 304 g/mol. The smallest absolute Gasteiger partial charge is 0.267 e. The number of nitrogens with zero attached hydrogens (tertiary/aromatic N) is 1. The molecule has 3 aromatic rings. The molecule has 0 aliphatic heterocycles. The number of aliphatic hydroxyl groups is 1. The lowest BCUT2D eigenvalue weighted by Gasteiger charge is -1.96. The Morgan fingerprint density at radius 1 is 1.33 bits per heavy atom. The number of carbonyl (C=O) groups excluding carboxylic acids is 1. The first-order chi connectivity index (χ1) is 10.3. The van der Waals surface area contributed by atoms with E-state index in [0.717, 1.165) is 10.1 Å². The third-order valence-electron chi connectivity index (χ3n) is 2.67. The second-order valence-electron chi connectivity index (χ2n) is 4.09. The molecule has 2 aromatic heterocycles. The summed E-state index contributed by atoms with van der Waals surface area (Å²) < 4.78 is 1.08. The molecule has 0 atom stereocenters. The van der Waals surface area contributed by atoms with Crippen LogP contribution in [0, 0.1) is 11.8 Å². The van der Waals surface area contributed by atoms with Gasteiger partial charge in [-0.2, -0.15) is 0 Å². The van der Waals surface area contributed by atoms with Crippen molar-refractivity contribution in [3.05, 3.63) is 46.3 Å². The lowest BCUT2D eigenvalue weighted by atomic mass is 10.2. The van der Waals surface area contributed by atoms with Crippen LogP contribution in [0.5, 0.6) is 0 Å². The zero-order valence-electron chi connectivity index (χ0n) is 10.8. The standard InChI is InChI=1S/C15H10N2O2S2/c18-7-3-5-11-9-16-15(20-11)17-14(19)13-8-10-4-1-2-6-12(10)21-13/h1-2,4,6,8-9,18H,7H2,(H,16,17,19). The summed E-state index contributed by atoms with van der Waals surface area (Å²) >= 11 is 2.73. The summed E-state index contributed by atoms with van der Waals surface area (Å²) in [6, 6.07) is 9.74. The molecule has 21 heavy (non-hydrogen) atoms. The zero-order valence-corrected chi connectivity index (χ0v) is 12.4. The van der Waals surface area contributed by atoms with Crippen LogP contribution in [0.4, 0.5) is 5.13 Å². The summed E-state index contributed by atoms with van der Waals surface area (Å²) in [5, 5.41) is 13.0. The molecule has 0 fully saturated rings. The molecule has 1 aromatic carbocycles. The van der Waals surface area contributed by atoms with E-state index in [1.165, 1.54) is 22.7 Å². The van der Waals surface area contributed by atoms with E-state index in [1.807, 2.05) is 30.3 Å². The normalized spacial score (nSPS) is 10.1. The van der Waals surface area contributed by atoms with Gasteiger partial charge in [-0.25, -0.2) is 4.98 Å². The zero-order chi connectivity index (χ0) is 14.7. The molecule has 2 heterocycles. The van der Waals surface area contributed by atoms with Gasteiger partial charge in [0.2, 0.25) is 0 Å². The van der Waals surface area contributed by atoms with Crippen molar-refractivity contribution in [1.82, 2.24) is 4.98 Å². The van der Waals surface area contributed by atoms with E-state index in [0.29, 0.717) is 14.9 Å². The van der Waals surface area contributed by atoms with Gasteiger partial charge in [0.25, 0.3) is 5.91 Å². The van der Waals surface area contributed by atoms with E-state index in [2.05, 4.69) is 22.1 Å². The first-order valence-corrected chi connectivity index (χ1v) is 7.75. The van der Waals surface area contributed by atoms with E-state index < -0.39 is 0 Å². The minimum Gasteiger partial charge on any atom is -0.384 e. The molecule has 0 aliphatic rings. The number of anilines is 1. The average Bonchev–Trinajstić information content (AvgIpc) is 3.11. The van der Waals surface area contributed by atoms with E-state index >= 15 is 0 Å². The minimum atomic E-state index is -0.193. The monoisotopic (exact) mass is 314 g/mol. The molecule has 4 nitrogen and oxygen atoms in total. The van der Waals surface area contributed by atoms with Crippen molar-refractivity contribution in [2.75, 3.05) is 11.9 Å². The van der Waals surface area contributed by atoms with Gasteiger partial charge < -0.3 is 5.11 Å². The van der Waals surface area contributed by atoms with E-state index in [4.69, 9.17) is 5.11 Å². The van der Waals surface area contributed by atoms with Crippen LogP contribution in [-0.4, -0.2) is 22.6 Å². The molecule has 0 saturated carbocycles. The number of hydrogen-bond acceptors (Lipinski definition) is 5. The van der Waals surface area contributed by atoms with Gasteiger partial charge in [0, 0.05) is 4.70 Å². The Balaban J connectivity index is 1.78. The lowest BCUT2D eigenvalue weighted by Crippen LogP contribution is -2.09. The number of carbonyl (C=O) groups is 1. The number of thiophene rings is 1. The molecule has 0 unspecified atom stereocenters. The van der Waals surface area contributed by atoms with Gasteiger partial charge in [-0.05, 0) is 17.5 Å². The Morgan fingerprint density at radius 2 is 2.19 bits per heavy atom. The van der Waals surface area contributed by atoms with Gasteiger partial charge in [0.1, 0.15) is 6.61 Å². The van der Waals surface area contributed by atoms with Crippen molar-refractivity contribution in [3.8, 4) is 11.8 Å². The maximum Gasteiger partial charge on any atom is 0.267 e. The molecule has 3 rings (SSSR count). The molecule has 1 amide bonds. The van der Waals surface area contributed by atoms with Crippen LogP contribution in [0.15, 0.2) is 36.5 Å². The van der Waals surface area contributed by atoms with E-state index in [1.54, 1.807) is 6.20 Å². The molecule has 0 spiro atoms. The van der Waals surface area contributed by atoms with Crippen molar-refractivity contribution < 1.29 is 9.90 Å². The summed E-state index contributed by atoms with van der Waals surface area (Å²) in [6.07, 6.45) is 1.58. The first kappa shape index (κ1) is 13.8. The number of nitrogens with one attached hydrogen (secondary N) is 1. The largest absolute Gasteiger partial charge is 0.384 e. The van der Waals surface area contributed by atoms with Gasteiger partial charge >= 0.3 is 0 Å². The van der Waals surface area contributed by atoms with E-state index in [-0.39, 0.29) is 12.5 Å². The fourth-order valence-corrected chi connectivity index (χ4v) is 3.41. The van der Waals surface area contributed by atoms with Crippen molar-refractivity contribution in [1.29, 1.82) is 0 Å². The van der Waals surface area contributed by atoms with Gasteiger partial charge in [0.05, 0.1) is 16.0 Å². The van der Waals surface area contributed by atoms with Crippen molar-refractivity contribution in [2.24, 2.45) is 0 Å². The summed E-state index contributed by atoms with van der Waals surface area (Å²) in [5.74, 6) is 5.13. The maximum absolute atomic E-state index is 12.2. The number of aliphatic hydroxyl groups excluding tert-OH is 1. The molecule has 2 N–H and O–H groups in total. The summed E-state index contributed by atoms with van der Waals surface area (Å²) in [6.45, 7) is -0.193. The Kier molecular flexibility index (Phi) is 3.97. The fraction of sp³-hybridized carbons (Fsp3) is 0.0667. The second kappa shape index (κ2) is 6.06. The molecule has 0 bridgehead atoms. The Bertz CT molecular complexity index is 822. The second-order valence-corrected chi connectivity index (χ2v) is 6.21. The van der Waals surface area contributed by atoms with Crippen molar-refractivity contribution in [2.45, 2.75) is 0 Å². The van der Waals surface area contributed by atoms with Crippen LogP contribution in [0.3, 0.4) is 0 Å². The Labute approximate surface area is 129 Å². The van der Waals surface area contributed by atoms with Crippen molar-refractivity contribution >= 4 is 43.8 Å². The van der Waals surface area contributed by atoms with Crippen LogP contribution in [0.2, 0.25) is 0 Å². The predicted molar refractivity (Wildman–Crippen MR) is 85.9 cm³/mol. The minimum absolute atomic E-state index is 0.174. The third-order valence-corrected chi connectivity index (χ3v) is 4.61. The number of hydrogen-bond donors (Lipinski definition) is 2. The molecule has 104 valence electrons. The SMILES string of the molecule is O=C(Nc1ncc(C#CCO)s1)c1cc2ccccc2s1. The van der Waals surface area contributed by atoms with Crippen molar-refractivity contribution in [3.63, 3.8) is 0 Å². The summed E-state index contributed by atoms with van der Waals surface area (Å²) in [7, 11) is 0. The Morgan fingerprint density at radius 3 is 3.00 bits per heavy atom. The number of amides is 1. The van der Waals surface area contributed by atoms with Gasteiger partial charge in [-0.1, -0.05) is 41.4 Å². The summed E-state index contributed by atoms with van der Waals surface area (Å²) in [4.78, 5) is 17.6. The molecular formula is C15H10N2O2S2. The molecule has 0 saturated heterocycles. The van der Waals surface area contributed by atoms with Crippen LogP contribution < -0.4 is 5.32 Å². The van der Waals surface area contributed by atoms with Gasteiger partial charge in [0.15, 0.2) is 5.13 Å². The van der Waals surface area contributed by atoms with Gasteiger partial charge in [-0.3, -0.25) is 10.1 Å². The molecule has 0 radical (unpaired) electrons.